The third-order valence-corrected chi connectivity index (χ3v) is 6.08. The second-order valence-corrected chi connectivity index (χ2v) is 8.27. The lowest BCUT2D eigenvalue weighted by molar-refractivity contribution is 0.102. The van der Waals surface area contributed by atoms with Crippen molar-refractivity contribution in [3.8, 4) is 5.69 Å². The number of fused-ring (bicyclic) bond motifs is 1. The summed E-state index contributed by atoms with van der Waals surface area (Å²) >= 11 is 0. The number of aromatic nitrogens is 2. The molecule has 1 N–H and O–H groups in total. The highest BCUT2D eigenvalue weighted by Gasteiger charge is 2.18. The van der Waals surface area contributed by atoms with Crippen molar-refractivity contribution < 1.29 is 4.79 Å². The van der Waals surface area contributed by atoms with Gasteiger partial charge < -0.3 is 5.32 Å². The van der Waals surface area contributed by atoms with Crippen LogP contribution < -0.4 is 10.9 Å². The summed E-state index contributed by atoms with van der Waals surface area (Å²) in [5, 5.41) is 5.06. The van der Waals surface area contributed by atoms with Gasteiger partial charge in [0.2, 0.25) is 0 Å². The standard InChI is InChI=1S/C29H24N4O2/c1-20-27(29(35)33(32(20)2)25-15-4-3-5-16-25)31-28(34)22-12-9-14-24(18-22)30-19-23-13-8-11-21-10-6-7-17-26(21)23/h3-19H,1-2H3,(H,31,34). The maximum atomic E-state index is 13.1. The van der Waals surface area contributed by atoms with Crippen molar-refractivity contribution in [2.24, 2.45) is 12.0 Å². The molecule has 0 bridgehead atoms. The Balaban J connectivity index is 1.41. The lowest BCUT2D eigenvalue weighted by atomic mass is 10.1. The van der Waals surface area contributed by atoms with E-state index < -0.39 is 0 Å². The molecule has 0 saturated heterocycles. The fraction of sp³-hybridized carbons (Fsp3) is 0.0690. The molecule has 6 heteroatoms. The molecule has 0 radical (unpaired) electrons. The highest BCUT2D eigenvalue weighted by Crippen LogP contribution is 2.20. The number of carbonyl (C=O) groups is 1. The number of rotatable bonds is 5. The first kappa shape index (κ1) is 22.1. The second kappa shape index (κ2) is 9.27. The zero-order valence-corrected chi connectivity index (χ0v) is 19.5. The molecular formula is C29H24N4O2. The minimum Gasteiger partial charge on any atom is -0.316 e. The molecule has 5 aromatic rings. The number of hydrogen-bond donors (Lipinski definition) is 1. The molecular weight excluding hydrogens is 436 g/mol. The van der Waals surface area contributed by atoms with Gasteiger partial charge in [-0.2, -0.15) is 0 Å². The van der Waals surface area contributed by atoms with E-state index in [2.05, 4.69) is 28.5 Å². The van der Waals surface area contributed by atoms with E-state index in [4.69, 9.17) is 0 Å². The third-order valence-electron chi connectivity index (χ3n) is 6.08. The Morgan fingerprint density at radius 1 is 0.886 bits per heavy atom. The van der Waals surface area contributed by atoms with Crippen LogP contribution in [0.3, 0.4) is 0 Å². The average molecular weight is 461 g/mol. The molecule has 5 rings (SSSR count). The Labute approximate surface area is 202 Å². The number of nitrogens with one attached hydrogen (secondary N) is 1. The number of para-hydroxylation sites is 1. The molecule has 0 aliphatic carbocycles. The quantitative estimate of drug-likeness (QED) is 0.345. The normalized spacial score (nSPS) is 11.3. The van der Waals surface area contributed by atoms with Crippen molar-refractivity contribution in [2.45, 2.75) is 6.92 Å². The first-order valence-corrected chi connectivity index (χ1v) is 11.3. The summed E-state index contributed by atoms with van der Waals surface area (Å²) in [5.74, 6) is -0.363. The third kappa shape index (κ3) is 4.29. The minimum absolute atomic E-state index is 0.256. The highest BCUT2D eigenvalue weighted by atomic mass is 16.2. The Morgan fingerprint density at radius 3 is 2.43 bits per heavy atom. The summed E-state index contributed by atoms with van der Waals surface area (Å²) in [5.41, 5.74) is 3.44. The first-order valence-electron chi connectivity index (χ1n) is 11.3. The monoisotopic (exact) mass is 460 g/mol. The topological polar surface area (TPSA) is 68.4 Å². The molecule has 4 aromatic carbocycles. The van der Waals surface area contributed by atoms with Crippen molar-refractivity contribution in [1.29, 1.82) is 0 Å². The molecule has 0 fully saturated rings. The van der Waals surface area contributed by atoms with E-state index in [0.717, 1.165) is 22.0 Å². The van der Waals surface area contributed by atoms with Crippen LogP contribution in [0.2, 0.25) is 0 Å². The molecule has 35 heavy (non-hydrogen) atoms. The second-order valence-electron chi connectivity index (χ2n) is 8.27. The van der Waals surface area contributed by atoms with Crippen LogP contribution in [-0.4, -0.2) is 21.5 Å². The SMILES string of the molecule is Cc1c(NC(=O)c2cccc(N=Cc3cccc4ccccc34)c2)c(=O)n(-c2ccccc2)n1C. The van der Waals surface area contributed by atoms with Crippen molar-refractivity contribution >= 4 is 34.3 Å². The number of carbonyl (C=O) groups excluding carboxylic acids is 1. The summed E-state index contributed by atoms with van der Waals surface area (Å²) < 4.78 is 3.27. The van der Waals surface area contributed by atoms with Crippen LogP contribution in [0.1, 0.15) is 21.6 Å². The predicted octanol–water partition coefficient (Wildman–Crippen LogP) is 5.64. The zero-order chi connectivity index (χ0) is 24.4. The summed E-state index contributed by atoms with van der Waals surface area (Å²) in [4.78, 5) is 30.8. The van der Waals surface area contributed by atoms with Gasteiger partial charge in [-0.25, -0.2) is 4.68 Å². The van der Waals surface area contributed by atoms with E-state index in [-0.39, 0.29) is 17.2 Å². The van der Waals surface area contributed by atoms with Crippen molar-refractivity contribution in [1.82, 2.24) is 9.36 Å². The maximum Gasteiger partial charge on any atom is 0.295 e. The van der Waals surface area contributed by atoms with Crippen LogP contribution in [0.5, 0.6) is 0 Å². The number of hydrogen-bond acceptors (Lipinski definition) is 3. The summed E-state index contributed by atoms with van der Waals surface area (Å²) in [6.45, 7) is 1.81. The van der Waals surface area contributed by atoms with Gasteiger partial charge in [0.05, 0.1) is 17.1 Å². The van der Waals surface area contributed by atoms with Crippen LogP contribution in [0.25, 0.3) is 16.5 Å². The van der Waals surface area contributed by atoms with Crippen LogP contribution in [0.15, 0.2) is 107 Å². The van der Waals surface area contributed by atoms with Gasteiger partial charge in [-0.15, -0.1) is 0 Å². The predicted molar refractivity (Wildman–Crippen MR) is 141 cm³/mol. The number of anilines is 1. The Morgan fingerprint density at radius 2 is 1.60 bits per heavy atom. The van der Waals surface area contributed by atoms with Crippen LogP contribution in [0, 0.1) is 6.92 Å². The van der Waals surface area contributed by atoms with E-state index in [1.54, 1.807) is 43.1 Å². The molecule has 1 amide bonds. The maximum absolute atomic E-state index is 13.1. The van der Waals surface area contributed by atoms with E-state index in [1.807, 2.05) is 60.7 Å². The Bertz CT molecular complexity index is 1620. The van der Waals surface area contributed by atoms with Crippen LogP contribution >= 0.6 is 0 Å². The van der Waals surface area contributed by atoms with E-state index in [0.29, 0.717) is 16.9 Å². The molecule has 0 unspecified atom stereocenters. The van der Waals surface area contributed by atoms with E-state index in [9.17, 15) is 9.59 Å². The molecule has 0 spiro atoms. The number of benzene rings is 4. The van der Waals surface area contributed by atoms with Crippen LogP contribution in [-0.2, 0) is 7.05 Å². The fourth-order valence-corrected chi connectivity index (χ4v) is 4.13. The summed E-state index contributed by atoms with van der Waals surface area (Å²) in [6.07, 6.45) is 1.80. The molecule has 0 saturated carbocycles. The van der Waals surface area contributed by atoms with Gasteiger partial charge >= 0.3 is 0 Å². The molecule has 1 aromatic heterocycles. The Hall–Kier alpha value is -4.71. The largest absolute Gasteiger partial charge is 0.316 e. The van der Waals surface area contributed by atoms with Gasteiger partial charge in [0.15, 0.2) is 0 Å². The van der Waals surface area contributed by atoms with E-state index in [1.165, 1.54) is 4.68 Å². The molecule has 1 heterocycles. The fourth-order valence-electron chi connectivity index (χ4n) is 4.13. The minimum atomic E-state index is -0.363. The highest BCUT2D eigenvalue weighted by molar-refractivity contribution is 6.05. The smallest absolute Gasteiger partial charge is 0.295 e. The summed E-state index contributed by atoms with van der Waals surface area (Å²) in [6, 6.07) is 30.6. The van der Waals surface area contributed by atoms with Gasteiger partial charge in [0.25, 0.3) is 11.5 Å². The zero-order valence-electron chi connectivity index (χ0n) is 19.5. The first-order chi connectivity index (χ1) is 17.0. The molecule has 6 nitrogen and oxygen atoms in total. The number of amides is 1. The van der Waals surface area contributed by atoms with Gasteiger partial charge in [-0.3, -0.25) is 19.3 Å². The van der Waals surface area contributed by atoms with Gasteiger partial charge in [-0.1, -0.05) is 66.7 Å². The van der Waals surface area contributed by atoms with Gasteiger partial charge in [0.1, 0.15) is 5.69 Å². The van der Waals surface area contributed by atoms with Gasteiger partial charge in [0, 0.05) is 24.4 Å². The summed E-state index contributed by atoms with van der Waals surface area (Å²) in [7, 11) is 1.79. The lowest BCUT2D eigenvalue weighted by Gasteiger charge is -2.07. The van der Waals surface area contributed by atoms with E-state index >= 15 is 0 Å². The molecule has 172 valence electrons. The van der Waals surface area contributed by atoms with Crippen molar-refractivity contribution in [3.05, 3.63) is 124 Å². The molecule has 0 atom stereocenters. The number of aliphatic imine (C=N–C) groups is 1. The molecule has 0 aliphatic heterocycles. The Kier molecular flexibility index (Phi) is 5.85. The lowest BCUT2D eigenvalue weighted by Crippen LogP contribution is -2.22. The van der Waals surface area contributed by atoms with Crippen molar-refractivity contribution in [3.63, 3.8) is 0 Å². The average Bonchev–Trinajstić information content (AvgIpc) is 3.11. The molecule has 0 aliphatic rings. The van der Waals surface area contributed by atoms with Crippen LogP contribution in [0.4, 0.5) is 11.4 Å². The van der Waals surface area contributed by atoms with Gasteiger partial charge in [-0.05, 0) is 48.0 Å². The number of nitrogens with zero attached hydrogens (tertiary/aromatic N) is 3. The van der Waals surface area contributed by atoms with Crippen molar-refractivity contribution in [2.75, 3.05) is 5.32 Å².